The van der Waals surface area contributed by atoms with Crippen LogP contribution in [-0.2, 0) is 9.53 Å². The molecule has 0 aliphatic carbocycles. The van der Waals surface area contributed by atoms with Gasteiger partial charge < -0.3 is 10.1 Å². The molecule has 0 saturated carbocycles. The quantitative estimate of drug-likeness (QED) is 0.494. The Morgan fingerprint density at radius 1 is 1.53 bits per heavy atom. The molecule has 0 aliphatic rings. The Morgan fingerprint density at radius 3 is 2.71 bits per heavy atom. The molecule has 0 spiro atoms. The number of methoxy groups -OCH3 is 1. The lowest BCUT2D eigenvalue weighted by Crippen LogP contribution is -2.16. The van der Waals surface area contributed by atoms with Crippen molar-refractivity contribution in [3.63, 3.8) is 0 Å². The number of esters is 1. The van der Waals surface area contributed by atoms with Crippen LogP contribution in [0.25, 0.3) is 0 Å². The van der Waals surface area contributed by atoms with Crippen molar-refractivity contribution >= 4 is 17.3 Å². The zero-order valence-corrected chi connectivity index (χ0v) is 8.70. The van der Waals surface area contributed by atoms with Crippen LogP contribution < -0.4 is 5.32 Å². The van der Waals surface area contributed by atoms with Crippen molar-refractivity contribution in [2.75, 3.05) is 19.0 Å². The van der Waals surface area contributed by atoms with Crippen LogP contribution in [0, 0.1) is 21.7 Å². The number of anilines is 1. The molecule has 1 aromatic carbocycles. The first-order chi connectivity index (χ1) is 7.95. The number of halogens is 2. The fourth-order valence-corrected chi connectivity index (χ4v) is 1.13. The van der Waals surface area contributed by atoms with Gasteiger partial charge >= 0.3 is 11.7 Å². The van der Waals surface area contributed by atoms with E-state index >= 15 is 0 Å². The number of rotatable bonds is 4. The molecular weight excluding hydrogens is 238 g/mol. The highest BCUT2D eigenvalue weighted by Crippen LogP contribution is 2.28. The maximum Gasteiger partial charge on any atom is 0.327 e. The van der Waals surface area contributed by atoms with E-state index in [1.807, 2.05) is 0 Å². The molecule has 8 heteroatoms. The van der Waals surface area contributed by atoms with E-state index in [1.54, 1.807) is 0 Å². The Balaban J connectivity index is 3.04. The van der Waals surface area contributed by atoms with Gasteiger partial charge in [0.05, 0.1) is 12.0 Å². The molecule has 1 rings (SSSR count). The standard InChI is InChI=1S/C9H8F2N2O4/c1-17-8(14)4-12-7-3-5(10)2-6(11)9(7)13(15)16/h2-3,12H,4H2,1H3. The van der Waals surface area contributed by atoms with E-state index in [1.165, 1.54) is 0 Å². The lowest BCUT2D eigenvalue weighted by Gasteiger charge is -2.06. The lowest BCUT2D eigenvalue weighted by molar-refractivity contribution is -0.386. The second kappa shape index (κ2) is 5.19. The molecule has 92 valence electrons. The molecule has 0 amide bonds. The molecule has 0 radical (unpaired) electrons. The molecular formula is C9H8F2N2O4. The van der Waals surface area contributed by atoms with E-state index in [2.05, 4.69) is 10.1 Å². The number of hydrogen-bond donors (Lipinski definition) is 1. The molecule has 0 fully saturated rings. The smallest absolute Gasteiger partial charge is 0.327 e. The summed E-state index contributed by atoms with van der Waals surface area (Å²) in [6, 6.07) is 1.12. The number of nitro groups is 1. The molecule has 6 nitrogen and oxygen atoms in total. The van der Waals surface area contributed by atoms with Gasteiger partial charge in [0.25, 0.3) is 0 Å². The molecule has 0 aliphatic heterocycles. The molecule has 0 saturated heterocycles. The largest absolute Gasteiger partial charge is 0.468 e. The fraction of sp³-hybridized carbons (Fsp3) is 0.222. The third-order valence-corrected chi connectivity index (χ3v) is 1.86. The monoisotopic (exact) mass is 246 g/mol. The summed E-state index contributed by atoms with van der Waals surface area (Å²) in [5.74, 6) is -3.02. The minimum Gasteiger partial charge on any atom is -0.468 e. The van der Waals surface area contributed by atoms with E-state index in [-0.39, 0.29) is 0 Å². The first-order valence-electron chi connectivity index (χ1n) is 4.40. The Hall–Kier alpha value is -2.25. The second-order valence-electron chi connectivity index (χ2n) is 2.97. The minimum absolute atomic E-state index is 0.390. The van der Waals surface area contributed by atoms with Gasteiger partial charge in [0.1, 0.15) is 18.0 Å². The van der Waals surface area contributed by atoms with Crippen molar-refractivity contribution in [2.45, 2.75) is 0 Å². The van der Waals surface area contributed by atoms with Gasteiger partial charge in [0, 0.05) is 12.1 Å². The second-order valence-corrected chi connectivity index (χ2v) is 2.97. The van der Waals surface area contributed by atoms with Gasteiger partial charge in [-0.25, -0.2) is 4.39 Å². The normalized spacial score (nSPS) is 9.82. The van der Waals surface area contributed by atoms with Crippen molar-refractivity contribution in [3.05, 3.63) is 33.9 Å². The van der Waals surface area contributed by atoms with Crippen LogP contribution in [0.5, 0.6) is 0 Å². The van der Waals surface area contributed by atoms with Crippen molar-refractivity contribution < 1.29 is 23.2 Å². The number of carbonyl (C=O) groups is 1. The molecule has 1 N–H and O–H groups in total. The zero-order chi connectivity index (χ0) is 13.0. The number of hydrogen-bond acceptors (Lipinski definition) is 5. The molecule has 0 heterocycles. The number of ether oxygens (including phenoxy) is 1. The summed E-state index contributed by atoms with van der Waals surface area (Å²) in [5.41, 5.74) is -1.34. The first kappa shape index (κ1) is 12.8. The van der Waals surface area contributed by atoms with Crippen LogP contribution in [0.15, 0.2) is 12.1 Å². The molecule has 0 atom stereocenters. The summed E-state index contributed by atoms with van der Waals surface area (Å²) >= 11 is 0. The zero-order valence-electron chi connectivity index (χ0n) is 8.70. The van der Waals surface area contributed by atoms with E-state index in [0.717, 1.165) is 13.2 Å². The third-order valence-electron chi connectivity index (χ3n) is 1.86. The van der Waals surface area contributed by atoms with Crippen LogP contribution in [0.2, 0.25) is 0 Å². The van der Waals surface area contributed by atoms with E-state index < -0.39 is 40.4 Å². The van der Waals surface area contributed by atoms with Crippen LogP contribution >= 0.6 is 0 Å². The summed E-state index contributed by atoms with van der Waals surface area (Å²) in [5, 5.41) is 12.8. The summed E-state index contributed by atoms with van der Waals surface area (Å²) in [6.45, 7) is -0.430. The van der Waals surface area contributed by atoms with Crippen molar-refractivity contribution in [2.24, 2.45) is 0 Å². The Morgan fingerprint density at radius 2 is 2.18 bits per heavy atom. The van der Waals surface area contributed by atoms with Gasteiger partial charge in [-0.1, -0.05) is 0 Å². The van der Waals surface area contributed by atoms with Crippen LogP contribution in [0.3, 0.4) is 0 Å². The summed E-state index contributed by atoms with van der Waals surface area (Å²) in [7, 11) is 1.12. The van der Waals surface area contributed by atoms with Crippen molar-refractivity contribution in [1.29, 1.82) is 0 Å². The molecule has 1 aromatic rings. The van der Waals surface area contributed by atoms with Crippen molar-refractivity contribution in [3.8, 4) is 0 Å². The fourth-order valence-electron chi connectivity index (χ4n) is 1.13. The van der Waals surface area contributed by atoms with Crippen LogP contribution in [0.4, 0.5) is 20.2 Å². The maximum atomic E-state index is 13.1. The molecule has 0 aromatic heterocycles. The van der Waals surface area contributed by atoms with Gasteiger partial charge in [0.2, 0.25) is 5.82 Å². The van der Waals surface area contributed by atoms with Gasteiger partial charge in [-0.05, 0) is 0 Å². The third kappa shape index (κ3) is 3.10. The number of nitrogens with zero attached hydrogens (tertiary/aromatic N) is 1. The molecule has 17 heavy (non-hydrogen) atoms. The highest BCUT2D eigenvalue weighted by molar-refractivity contribution is 5.76. The number of carbonyl (C=O) groups excluding carboxylic acids is 1. The van der Waals surface area contributed by atoms with Crippen molar-refractivity contribution in [1.82, 2.24) is 0 Å². The predicted octanol–water partition coefficient (Wildman–Crippen LogP) is 1.46. The molecule has 0 bridgehead atoms. The van der Waals surface area contributed by atoms with Crippen LogP contribution in [0.1, 0.15) is 0 Å². The molecule has 0 unspecified atom stereocenters. The highest BCUT2D eigenvalue weighted by atomic mass is 19.1. The minimum atomic E-state index is -1.32. The van der Waals surface area contributed by atoms with E-state index in [9.17, 15) is 23.7 Å². The van der Waals surface area contributed by atoms with Crippen LogP contribution in [-0.4, -0.2) is 24.5 Å². The Bertz CT molecular complexity index is 465. The number of benzene rings is 1. The van der Waals surface area contributed by atoms with Gasteiger partial charge in [-0.2, -0.15) is 4.39 Å². The highest BCUT2D eigenvalue weighted by Gasteiger charge is 2.22. The Labute approximate surface area is 94.3 Å². The van der Waals surface area contributed by atoms with Gasteiger partial charge in [0.15, 0.2) is 0 Å². The first-order valence-corrected chi connectivity index (χ1v) is 4.40. The lowest BCUT2D eigenvalue weighted by atomic mass is 10.2. The summed E-state index contributed by atoms with van der Waals surface area (Å²) < 4.78 is 30.3. The van der Waals surface area contributed by atoms with Gasteiger partial charge in [-0.15, -0.1) is 0 Å². The number of nitro benzene ring substituents is 1. The average molecular weight is 246 g/mol. The average Bonchev–Trinajstić information content (AvgIpc) is 2.24. The van der Waals surface area contributed by atoms with E-state index in [4.69, 9.17) is 0 Å². The predicted molar refractivity (Wildman–Crippen MR) is 53.5 cm³/mol. The SMILES string of the molecule is COC(=O)CNc1cc(F)cc(F)c1[N+](=O)[O-]. The topological polar surface area (TPSA) is 81.5 Å². The summed E-state index contributed by atoms with van der Waals surface area (Å²) in [6.07, 6.45) is 0. The number of nitrogens with one attached hydrogen (secondary N) is 1. The summed E-state index contributed by atoms with van der Waals surface area (Å²) in [4.78, 5) is 20.3. The Kier molecular flexibility index (Phi) is 3.91. The van der Waals surface area contributed by atoms with Gasteiger partial charge in [-0.3, -0.25) is 14.9 Å². The maximum absolute atomic E-state index is 13.1. The van der Waals surface area contributed by atoms with E-state index in [0.29, 0.717) is 6.07 Å².